The second-order valence-corrected chi connectivity index (χ2v) is 13.7. The molecule has 0 aliphatic carbocycles. The molecule has 49 heavy (non-hydrogen) atoms. The van der Waals surface area contributed by atoms with Gasteiger partial charge in [0.05, 0.1) is 24.9 Å². The number of carbonyl (C=O) groups excluding carboxylic acids is 2. The first kappa shape index (κ1) is 46.9. The van der Waals surface area contributed by atoms with Crippen LogP contribution in [0.15, 0.2) is 48.6 Å². The van der Waals surface area contributed by atoms with Crippen molar-refractivity contribution in [3.8, 4) is 0 Å². The van der Waals surface area contributed by atoms with E-state index in [2.05, 4.69) is 18.4 Å². The third-order valence-electron chi connectivity index (χ3n) is 7.72. The van der Waals surface area contributed by atoms with E-state index in [1.54, 1.807) is 42.5 Å². The van der Waals surface area contributed by atoms with Gasteiger partial charge in [0.15, 0.2) is 6.10 Å². The summed E-state index contributed by atoms with van der Waals surface area (Å²) in [5.74, 6) is -1.22. The maximum Gasteiger partial charge on any atom is 0.469 e. The van der Waals surface area contributed by atoms with Crippen molar-refractivity contribution in [2.24, 2.45) is 0 Å². The molecule has 0 aliphatic rings. The highest BCUT2D eigenvalue weighted by Crippen LogP contribution is 2.36. The highest BCUT2D eigenvalue weighted by Gasteiger charge is 2.23. The molecule has 4 atom stereocenters. The molecular formula is C37H65O11P. The Morgan fingerprint density at radius 1 is 0.612 bits per heavy atom. The fraction of sp³-hybridized carbons (Fsp3) is 0.730. The number of hydrogen-bond acceptors (Lipinski definition) is 9. The van der Waals surface area contributed by atoms with E-state index >= 15 is 0 Å². The van der Waals surface area contributed by atoms with Gasteiger partial charge in [0.1, 0.15) is 6.61 Å². The van der Waals surface area contributed by atoms with Gasteiger partial charge in [0.2, 0.25) is 0 Å². The molecule has 284 valence electrons. The number of esters is 2. The van der Waals surface area contributed by atoms with E-state index in [0.29, 0.717) is 6.42 Å². The summed E-state index contributed by atoms with van der Waals surface area (Å²) in [5, 5.41) is 30.2. The summed E-state index contributed by atoms with van der Waals surface area (Å²) >= 11 is 0. The van der Waals surface area contributed by atoms with Crippen molar-refractivity contribution in [3.63, 3.8) is 0 Å². The van der Waals surface area contributed by atoms with Gasteiger partial charge in [-0.1, -0.05) is 146 Å². The van der Waals surface area contributed by atoms with Gasteiger partial charge in [-0.3, -0.25) is 14.1 Å². The minimum atomic E-state index is -4.83. The number of ether oxygens (including phenoxy) is 2. The van der Waals surface area contributed by atoms with Crippen LogP contribution >= 0.6 is 7.82 Å². The summed E-state index contributed by atoms with van der Waals surface area (Å²) < 4.78 is 26.0. The molecule has 0 bridgehead atoms. The Morgan fingerprint density at radius 3 is 1.71 bits per heavy atom. The number of hydrogen-bond donors (Lipinski definition) is 5. The molecule has 0 heterocycles. The van der Waals surface area contributed by atoms with Crippen LogP contribution in [0.5, 0.6) is 0 Å². The molecule has 0 rings (SSSR count). The van der Waals surface area contributed by atoms with Gasteiger partial charge in [0.25, 0.3) is 0 Å². The lowest BCUT2D eigenvalue weighted by atomic mass is 10.1. The monoisotopic (exact) mass is 716 g/mol. The molecule has 0 aromatic rings. The number of unbranched alkanes of at least 4 members (excludes halogenated alkanes) is 12. The summed E-state index contributed by atoms with van der Waals surface area (Å²) in [5.41, 5.74) is 0. The third-order valence-corrected chi connectivity index (χ3v) is 8.20. The molecule has 0 unspecified atom stereocenters. The summed E-state index contributed by atoms with van der Waals surface area (Å²) in [6, 6.07) is 0. The Kier molecular flexibility index (Phi) is 30.5. The highest BCUT2D eigenvalue weighted by atomic mass is 31.2. The van der Waals surface area contributed by atoms with Gasteiger partial charge in [0, 0.05) is 12.8 Å². The van der Waals surface area contributed by atoms with Crippen molar-refractivity contribution in [2.75, 3.05) is 13.2 Å². The Hall–Kier alpha value is -2.11. The number of aliphatic hydroxyl groups is 3. The van der Waals surface area contributed by atoms with Crippen molar-refractivity contribution in [1.29, 1.82) is 0 Å². The lowest BCUT2D eigenvalue weighted by Crippen LogP contribution is -2.29. The van der Waals surface area contributed by atoms with Crippen LogP contribution in [0, 0.1) is 0 Å². The van der Waals surface area contributed by atoms with Crippen LogP contribution in [0.2, 0.25) is 0 Å². The van der Waals surface area contributed by atoms with E-state index in [1.165, 1.54) is 51.0 Å². The van der Waals surface area contributed by atoms with E-state index in [4.69, 9.17) is 19.3 Å². The number of phosphoric ester groups is 1. The fourth-order valence-electron chi connectivity index (χ4n) is 4.81. The Bertz CT molecular complexity index is 989. The molecule has 0 aromatic carbocycles. The van der Waals surface area contributed by atoms with Crippen molar-refractivity contribution in [2.45, 2.75) is 160 Å². The summed E-state index contributed by atoms with van der Waals surface area (Å²) in [6.07, 6.45) is 26.4. The second-order valence-electron chi connectivity index (χ2n) is 12.4. The minimum absolute atomic E-state index is 0.0855. The van der Waals surface area contributed by atoms with Crippen molar-refractivity contribution in [3.05, 3.63) is 48.6 Å². The van der Waals surface area contributed by atoms with E-state index in [9.17, 15) is 29.5 Å². The average Bonchev–Trinajstić information content (AvgIpc) is 3.05. The van der Waals surface area contributed by atoms with Crippen LogP contribution < -0.4 is 0 Å². The number of rotatable bonds is 32. The molecular weight excluding hydrogens is 651 g/mol. The maximum absolute atomic E-state index is 12.3. The normalized spacial score (nSPS) is 15.0. The Morgan fingerprint density at radius 2 is 1.12 bits per heavy atom. The average molecular weight is 717 g/mol. The first-order valence-corrected chi connectivity index (χ1v) is 19.8. The number of aliphatic hydroxyl groups excluding tert-OH is 3. The second kappa shape index (κ2) is 31.8. The Balaban J connectivity index is 4.36. The van der Waals surface area contributed by atoms with Crippen LogP contribution in [0.3, 0.4) is 0 Å². The van der Waals surface area contributed by atoms with E-state index in [1.807, 2.05) is 0 Å². The zero-order valence-electron chi connectivity index (χ0n) is 29.9. The van der Waals surface area contributed by atoms with Crippen LogP contribution in [-0.4, -0.2) is 74.7 Å². The highest BCUT2D eigenvalue weighted by molar-refractivity contribution is 7.46. The van der Waals surface area contributed by atoms with Gasteiger partial charge in [-0.05, 0) is 25.7 Å². The van der Waals surface area contributed by atoms with E-state index in [-0.39, 0.29) is 25.7 Å². The zero-order chi connectivity index (χ0) is 36.6. The maximum atomic E-state index is 12.3. The molecule has 0 aromatic heterocycles. The molecule has 0 spiro atoms. The molecule has 0 amide bonds. The molecule has 0 radical (unpaired) electrons. The lowest BCUT2D eigenvalue weighted by Gasteiger charge is -2.18. The summed E-state index contributed by atoms with van der Waals surface area (Å²) in [6.45, 7) is 3.25. The standard InChI is InChI=1S/C37H65O11P/c1-3-5-7-8-9-10-11-12-13-18-22-28-37(42)48-33(31-47-49(43,44)45)30-46-36(41)29-23-27-35(40)34(39)26-21-17-15-14-16-20-25-32(38)24-19-6-4-2/h14-17,20-21,25-26,32-35,38-40H,3-13,18-19,22-24,27-31H2,1-2H3,(H2,43,44,45)/b16-14-,17-15+,25-20+,26-21+/t32-,33-,34-,35-/m1/s1. The number of phosphoric acid groups is 1. The fourth-order valence-corrected chi connectivity index (χ4v) is 5.17. The number of carbonyl (C=O) groups is 2. The van der Waals surface area contributed by atoms with Crippen LogP contribution in [0.4, 0.5) is 0 Å². The zero-order valence-corrected chi connectivity index (χ0v) is 30.8. The third kappa shape index (κ3) is 32.8. The molecule has 11 nitrogen and oxygen atoms in total. The van der Waals surface area contributed by atoms with Gasteiger partial charge in [-0.2, -0.15) is 0 Å². The van der Waals surface area contributed by atoms with Crippen molar-refractivity contribution < 1.29 is 53.3 Å². The van der Waals surface area contributed by atoms with Gasteiger partial charge >= 0.3 is 19.8 Å². The largest absolute Gasteiger partial charge is 0.469 e. The summed E-state index contributed by atoms with van der Waals surface area (Å²) in [4.78, 5) is 42.6. The predicted octanol–water partition coefficient (Wildman–Crippen LogP) is 7.31. The van der Waals surface area contributed by atoms with Crippen LogP contribution in [0.1, 0.15) is 136 Å². The van der Waals surface area contributed by atoms with E-state index in [0.717, 1.165) is 44.9 Å². The van der Waals surface area contributed by atoms with Gasteiger partial charge < -0.3 is 34.6 Å². The summed E-state index contributed by atoms with van der Waals surface area (Å²) in [7, 11) is -4.83. The van der Waals surface area contributed by atoms with Crippen LogP contribution in [0.25, 0.3) is 0 Å². The Labute approximate surface area is 294 Å². The number of allylic oxidation sites excluding steroid dienone is 6. The van der Waals surface area contributed by atoms with Crippen LogP contribution in [-0.2, 0) is 28.2 Å². The van der Waals surface area contributed by atoms with Gasteiger partial charge in [-0.25, -0.2) is 4.57 Å². The molecule has 5 N–H and O–H groups in total. The van der Waals surface area contributed by atoms with Crippen molar-refractivity contribution in [1.82, 2.24) is 0 Å². The SMILES string of the molecule is CCCCCCCCCCCCCC(=O)O[C@H](COC(=O)CCC[C@@H](O)[C@H](O)/C=C/C=C/C=C\C=C\[C@H](O)CCCCC)COP(=O)(O)O. The molecule has 0 saturated heterocycles. The predicted molar refractivity (Wildman–Crippen MR) is 192 cm³/mol. The molecule has 0 saturated carbocycles. The minimum Gasteiger partial charge on any atom is -0.462 e. The first-order chi connectivity index (χ1) is 23.5. The smallest absolute Gasteiger partial charge is 0.462 e. The lowest BCUT2D eigenvalue weighted by molar-refractivity contribution is -0.161. The van der Waals surface area contributed by atoms with Gasteiger partial charge in [-0.15, -0.1) is 0 Å². The van der Waals surface area contributed by atoms with E-state index < -0.39 is 57.4 Å². The molecule has 0 fully saturated rings. The topological polar surface area (TPSA) is 180 Å². The first-order valence-electron chi connectivity index (χ1n) is 18.3. The quantitative estimate of drug-likeness (QED) is 0.0204. The molecule has 12 heteroatoms. The molecule has 0 aliphatic heterocycles. The van der Waals surface area contributed by atoms with Crippen molar-refractivity contribution >= 4 is 19.8 Å².